The SMILES string of the molecule is CCOc1cc(N2CCC(N3CCN(CCc4cccc5c4n(C4CC4)c(=O)n5C4CCC(=O)NC4=O)CC3)CC2)c(CC)cc1Nc1ncc(Br)c(Nc2ccc3nc(C)ccc3c2P2(=O)CCCC2)n1. The summed E-state index contributed by atoms with van der Waals surface area (Å²) in [5.41, 5.74) is 8.55. The van der Waals surface area contributed by atoms with Gasteiger partial charge in [0.05, 0.1) is 39.0 Å². The van der Waals surface area contributed by atoms with Gasteiger partial charge in [-0.1, -0.05) is 25.1 Å². The number of benzene rings is 3. The Morgan fingerprint density at radius 2 is 1.62 bits per heavy atom. The van der Waals surface area contributed by atoms with Crippen LogP contribution in [-0.2, 0) is 27.0 Å². The van der Waals surface area contributed by atoms with Crippen molar-refractivity contribution in [3.05, 3.63) is 92.6 Å². The topological polar surface area (TPSA) is 172 Å². The molecule has 4 saturated heterocycles. The first-order valence-corrected chi connectivity index (χ1v) is 29.0. The maximum absolute atomic E-state index is 14.5. The van der Waals surface area contributed by atoms with Crippen LogP contribution in [0.1, 0.15) is 94.1 Å². The highest BCUT2D eigenvalue weighted by Gasteiger charge is 2.37. The maximum Gasteiger partial charge on any atom is 0.330 e. The van der Waals surface area contributed by atoms with E-state index in [2.05, 4.69) is 82.8 Å². The Balaban J connectivity index is 0.734. The molecule has 1 atom stereocenters. The number of nitrogens with one attached hydrogen (secondary N) is 3. The van der Waals surface area contributed by atoms with Gasteiger partial charge in [0, 0.05) is 111 Å². The van der Waals surface area contributed by atoms with E-state index in [1.54, 1.807) is 10.8 Å². The first-order valence-electron chi connectivity index (χ1n) is 26.1. The van der Waals surface area contributed by atoms with Crippen molar-refractivity contribution in [2.24, 2.45) is 0 Å². The summed E-state index contributed by atoms with van der Waals surface area (Å²) in [5.74, 6) is 1.08. The summed E-state index contributed by atoms with van der Waals surface area (Å²) in [7, 11) is -2.64. The third-order valence-corrected chi connectivity index (χ3v) is 19.6. The van der Waals surface area contributed by atoms with Crippen molar-refractivity contribution in [2.45, 2.75) is 103 Å². The molecule has 6 aromatic rings. The number of hydrogen-bond donors (Lipinski definition) is 3. The van der Waals surface area contributed by atoms with Crippen molar-refractivity contribution < 1.29 is 18.9 Å². The number of amides is 2. The zero-order valence-corrected chi connectivity index (χ0v) is 44.1. The Kier molecular flexibility index (Phi) is 13.8. The number of ether oxygens (including phenoxy) is 1. The second-order valence-corrected chi connectivity index (χ2v) is 24.3. The lowest BCUT2D eigenvalue weighted by molar-refractivity contribution is -0.135. The number of para-hydroxylation sites is 1. The number of imide groups is 1. The minimum Gasteiger partial charge on any atom is -0.492 e. The highest BCUT2D eigenvalue weighted by molar-refractivity contribution is 9.10. The zero-order chi connectivity index (χ0) is 49.7. The highest BCUT2D eigenvalue weighted by Crippen LogP contribution is 2.54. The van der Waals surface area contributed by atoms with Crippen LogP contribution < -0.4 is 36.6 Å². The molecule has 1 saturated carbocycles. The normalized spacial score (nSPS) is 20.1. The lowest BCUT2D eigenvalue weighted by atomic mass is 9.99. The van der Waals surface area contributed by atoms with Gasteiger partial charge in [0.15, 0.2) is 0 Å². The van der Waals surface area contributed by atoms with Gasteiger partial charge in [0.1, 0.15) is 24.8 Å². The fraction of sp³-hybridized carbons (Fsp3) is 0.481. The number of anilines is 5. The zero-order valence-electron chi connectivity index (χ0n) is 41.6. The number of rotatable bonds is 15. The number of fused-ring (bicyclic) bond motifs is 2. The highest BCUT2D eigenvalue weighted by atomic mass is 79.9. The van der Waals surface area contributed by atoms with Crippen molar-refractivity contribution in [1.29, 1.82) is 0 Å². The summed E-state index contributed by atoms with van der Waals surface area (Å²) in [6.07, 6.45) is 11.4. The number of nitrogens with zero attached hydrogens (tertiary/aromatic N) is 8. The van der Waals surface area contributed by atoms with E-state index in [0.717, 1.165) is 153 Å². The molecule has 7 heterocycles. The van der Waals surface area contributed by atoms with Crippen LogP contribution in [0.3, 0.4) is 0 Å². The molecule has 4 aliphatic heterocycles. The summed E-state index contributed by atoms with van der Waals surface area (Å²) in [5, 5.41) is 11.3. The second-order valence-electron chi connectivity index (χ2n) is 20.3. The number of aryl methyl sites for hydroxylation is 2. The molecule has 3 N–H and O–H groups in total. The lowest BCUT2D eigenvalue weighted by Crippen LogP contribution is -2.53. The van der Waals surface area contributed by atoms with E-state index >= 15 is 0 Å². The van der Waals surface area contributed by atoms with Crippen molar-refractivity contribution >= 4 is 91.0 Å². The number of aromatic nitrogens is 5. The van der Waals surface area contributed by atoms with Crippen molar-refractivity contribution in [3.8, 4) is 5.75 Å². The summed E-state index contributed by atoms with van der Waals surface area (Å²) in [4.78, 5) is 61.0. The second kappa shape index (κ2) is 20.4. The monoisotopic (exact) mass is 1060 g/mol. The minimum absolute atomic E-state index is 0.139. The molecule has 1 aliphatic carbocycles. The number of piperazine rings is 1. The molecule has 16 nitrogen and oxygen atoms in total. The Labute approximate surface area is 428 Å². The molecule has 0 radical (unpaired) electrons. The van der Waals surface area contributed by atoms with Gasteiger partial charge in [-0.15, -0.1) is 0 Å². The largest absolute Gasteiger partial charge is 0.492 e. The van der Waals surface area contributed by atoms with Gasteiger partial charge in [-0.3, -0.25) is 33.9 Å². The number of hydrogen-bond acceptors (Lipinski definition) is 13. The van der Waals surface area contributed by atoms with E-state index in [1.165, 1.54) is 11.3 Å². The molecule has 72 heavy (non-hydrogen) atoms. The lowest BCUT2D eigenvalue weighted by Gasteiger charge is -2.43. The smallest absolute Gasteiger partial charge is 0.330 e. The Morgan fingerprint density at radius 1 is 0.833 bits per heavy atom. The van der Waals surface area contributed by atoms with Gasteiger partial charge in [-0.05, 0) is 129 Å². The predicted molar refractivity (Wildman–Crippen MR) is 289 cm³/mol. The quantitative estimate of drug-likeness (QED) is 0.0661. The number of halogens is 1. The fourth-order valence-electron chi connectivity index (χ4n) is 11.8. The summed E-state index contributed by atoms with van der Waals surface area (Å²) in [6, 6.07) is 18.5. The van der Waals surface area contributed by atoms with Gasteiger partial charge >= 0.3 is 5.69 Å². The van der Waals surface area contributed by atoms with E-state index in [4.69, 9.17) is 14.7 Å². The molecular weight excluding hydrogens is 994 g/mol. The van der Waals surface area contributed by atoms with Crippen LogP contribution >= 0.6 is 23.1 Å². The van der Waals surface area contributed by atoms with E-state index in [-0.39, 0.29) is 30.0 Å². The average Bonchev–Trinajstić information content (AvgIpc) is 4.05. The molecule has 5 aliphatic rings. The molecule has 11 rings (SSSR count). The molecule has 1 unspecified atom stereocenters. The number of carbonyl (C=O) groups excluding carboxylic acids is 2. The van der Waals surface area contributed by atoms with Crippen molar-refractivity contribution in [1.82, 2.24) is 39.2 Å². The molecule has 3 aromatic carbocycles. The third-order valence-electron chi connectivity index (χ3n) is 15.7. The number of pyridine rings is 1. The molecule has 18 heteroatoms. The standard InChI is InChI=1S/C54H65BrN11O5P/c1-4-35-31-43(59-53-56-33-40(55)51(61-53)58-42-16-15-41-39(14-11-34(3)57-41)50(42)72(70)29-6-7-30-72)47(71-5-2)32-46(35)64-23-20-37(21-24-64)63-27-25-62(26-28-63)22-19-36-9-8-10-44-49(36)65(38-12-13-38)54(69)66(44)45-17-18-48(67)60-52(45)68/h8-11,14-16,31-33,37-38,45H,4-7,12-13,17-30H2,1-3H3,(H,60,67,68)(H2,56,58,59,61). The molecule has 0 bridgehead atoms. The van der Waals surface area contributed by atoms with Gasteiger partial charge in [-0.2, -0.15) is 4.98 Å². The van der Waals surface area contributed by atoms with Crippen LogP contribution in [0.25, 0.3) is 21.9 Å². The number of carbonyl (C=O) groups is 2. The van der Waals surface area contributed by atoms with E-state index < -0.39 is 13.2 Å². The maximum atomic E-state index is 14.5. The summed E-state index contributed by atoms with van der Waals surface area (Å²) in [6.45, 7) is 13.6. The van der Waals surface area contributed by atoms with Gasteiger partial charge in [-0.25, -0.2) is 9.78 Å². The predicted octanol–water partition coefficient (Wildman–Crippen LogP) is 8.58. The van der Waals surface area contributed by atoms with Gasteiger partial charge < -0.3 is 29.7 Å². The first kappa shape index (κ1) is 48.6. The number of imidazole rings is 1. The fourth-order valence-corrected chi connectivity index (χ4v) is 15.4. The molecule has 5 fully saturated rings. The van der Waals surface area contributed by atoms with E-state index in [9.17, 15) is 18.9 Å². The molecule has 378 valence electrons. The van der Waals surface area contributed by atoms with Crippen LogP contribution in [0.4, 0.5) is 28.8 Å². The molecule has 0 spiro atoms. The average molecular weight is 1060 g/mol. The Morgan fingerprint density at radius 3 is 2.36 bits per heavy atom. The van der Waals surface area contributed by atoms with Crippen LogP contribution in [0.5, 0.6) is 5.75 Å². The molecular formula is C54H65BrN11O5P. The molecule has 2 amide bonds. The third kappa shape index (κ3) is 9.57. The van der Waals surface area contributed by atoms with Crippen molar-refractivity contribution in [2.75, 3.05) is 80.3 Å². The van der Waals surface area contributed by atoms with Crippen LogP contribution in [0, 0.1) is 6.92 Å². The summed E-state index contributed by atoms with van der Waals surface area (Å²) < 4.78 is 25.1. The first-order chi connectivity index (χ1) is 35.0. The van der Waals surface area contributed by atoms with Crippen molar-refractivity contribution in [3.63, 3.8) is 0 Å². The Bertz CT molecular complexity index is 3160. The van der Waals surface area contributed by atoms with E-state index in [0.29, 0.717) is 47.6 Å². The number of piperidine rings is 2. The van der Waals surface area contributed by atoms with Crippen LogP contribution in [0.15, 0.2) is 70.1 Å². The van der Waals surface area contributed by atoms with E-state index in [1.807, 2.05) is 48.7 Å². The molecule has 3 aromatic heterocycles. The van der Waals surface area contributed by atoms with Crippen LogP contribution in [0.2, 0.25) is 0 Å². The van der Waals surface area contributed by atoms with Crippen LogP contribution in [-0.4, -0.2) is 116 Å². The summed E-state index contributed by atoms with van der Waals surface area (Å²) >= 11 is 3.69. The van der Waals surface area contributed by atoms with Gasteiger partial charge in [0.2, 0.25) is 17.8 Å². The Hall–Kier alpha value is -5.61. The van der Waals surface area contributed by atoms with Gasteiger partial charge in [0.25, 0.3) is 0 Å². The minimum atomic E-state index is -2.64.